The van der Waals surface area contributed by atoms with Crippen LogP contribution in [0.15, 0.2) is 29.3 Å². The first kappa shape index (κ1) is 24.3. The normalized spacial score (nSPS) is 32.1. The van der Waals surface area contributed by atoms with Crippen LogP contribution in [0.1, 0.15) is 39.2 Å². The molecule has 0 radical (unpaired) electrons. The number of β-lactam (4-membered cyclic amide) rings is 1. The van der Waals surface area contributed by atoms with E-state index in [2.05, 4.69) is 22.4 Å². The molecule has 1 aromatic rings. The molecule has 10 nitrogen and oxygen atoms in total. The van der Waals surface area contributed by atoms with E-state index in [4.69, 9.17) is 0 Å². The van der Waals surface area contributed by atoms with E-state index >= 15 is 0 Å². The summed E-state index contributed by atoms with van der Waals surface area (Å²) in [5, 5.41) is 23.3. The lowest BCUT2D eigenvalue weighted by atomic mass is 9.79. The maximum atomic E-state index is 13.2. The number of likely N-dealkylation sites (tertiary alicyclic amines) is 1. The molecule has 0 spiro atoms. The number of carboxylic acids is 1. The van der Waals surface area contributed by atoms with Crippen LogP contribution in [0.5, 0.6) is 0 Å². The molecule has 5 heterocycles. The van der Waals surface area contributed by atoms with Gasteiger partial charge in [-0.2, -0.15) is 0 Å². The molecule has 5 unspecified atom stereocenters. The Hall–Kier alpha value is -2.37. The average molecular weight is 505 g/mol. The topological polar surface area (TPSA) is 119 Å². The number of carboxylic acid groups (broad SMARTS) is 1. The van der Waals surface area contributed by atoms with E-state index in [0.717, 1.165) is 25.9 Å². The predicted octanol–water partition coefficient (Wildman–Crippen LogP) is 0.0935. The second-order valence-corrected chi connectivity index (χ2v) is 11.6. The number of aliphatic hydroxyl groups excluding tert-OH is 1. The molecule has 0 aliphatic carbocycles. The van der Waals surface area contributed by atoms with Crippen LogP contribution < -0.4 is 9.88 Å². The number of carbonyl (C=O) groups excluding carboxylic acids is 2. The number of piperidine rings is 1. The molecule has 35 heavy (non-hydrogen) atoms. The summed E-state index contributed by atoms with van der Waals surface area (Å²) in [5.74, 6) is -2.04. The molecule has 3 N–H and O–H groups in total. The molecule has 3 saturated heterocycles. The highest BCUT2D eigenvalue weighted by molar-refractivity contribution is 8.03. The number of rotatable bonds is 6. The molecule has 2 amide bonds. The number of fused-ring (bicyclic) bond motifs is 1. The lowest BCUT2D eigenvalue weighted by Gasteiger charge is -2.46. The van der Waals surface area contributed by atoms with Crippen LogP contribution in [0, 0.1) is 11.8 Å². The second kappa shape index (κ2) is 9.25. The highest BCUT2D eigenvalue weighted by Crippen LogP contribution is 2.51. The third-order valence-electron chi connectivity index (χ3n) is 7.98. The fourth-order valence-corrected chi connectivity index (χ4v) is 7.61. The van der Waals surface area contributed by atoms with Crippen molar-refractivity contribution in [3.63, 3.8) is 0 Å². The highest BCUT2D eigenvalue weighted by atomic mass is 32.2. The van der Waals surface area contributed by atoms with Gasteiger partial charge in [-0.05, 0) is 13.3 Å². The van der Waals surface area contributed by atoms with Gasteiger partial charge in [0.15, 0.2) is 0 Å². The molecule has 190 valence electrons. The summed E-state index contributed by atoms with van der Waals surface area (Å²) in [5.41, 5.74) is 0.0460. The number of imidazole rings is 1. The zero-order valence-electron chi connectivity index (χ0n) is 20.3. The average Bonchev–Trinajstić information content (AvgIpc) is 3.52. The van der Waals surface area contributed by atoms with Crippen molar-refractivity contribution in [2.75, 3.05) is 19.6 Å². The Morgan fingerprint density at radius 2 is 2.00 bits per heavy atom. The first-order valence-corrected chi connectivity index (χ1v) is 13.3. The minimum Gasteiger partial charge on any atom is -0.477 e. The standard InChI is InChI=1S/C24H33N5O5S/c1-13-19-18(14(2)30)23(32)29(19)20(24(33)34)21(13)35-16-10-17(25-11-16)22(31)27-6-4-15(5-7-27)28-9-8-26(3)12-28/h8-9,12-19,25,30H,4-7,10-11H2,1-3H3/p+1/t13?,14?,16?,17?,18?,19-/m1/s1. The Morgan fingerprint density at radius 1 is 1.29 bits per heavy atom. The number of hydrogen-bond acceptors (Lipinski definition) is 6. The van der Waals surface area contributed by atoms with Crippen LogP contribution in [0.4, 0.5) is 0 Å². The van der Waals surface area contributed by atoms with Gasteiger partial charge in [-0.3, -0.25) is 9.59 Å². The molecule has 11 heteroatoms. The third kappa shape index (κ3) is 4.17. The van der Waals surface area contributed by atoms with Crippen LogP contribution in [0.2, 0.25) is 0 Å². The number of aliphatic carboxylic acids is 1. The van der Waals surface area contributed by atoms with Gasteiger partial charge in [0.25, 0.3) is 0 Å². The van der Waals surface area contributed by atoms with Crippen molar-refractivity contribution in [2.45, 2.75) is 62.6 Å². The summed E-state index contributed by atoms with van der Waals surface area (Å²) >= 11 is 1.47. The molecule has 4 aliphatic heterocycles. The van der Waals surface area contributed by atoms with Gasteiger partial charge in [0.05, 0.1) is 31.2 Å². The van der Waals surface area contributed by atoms with Gasteiger partial charge in [0.1, 0.15) is 24.1 Å². The number of carbonyl (C=O) groups is 3. The van der Waals surface area contributed by atoms with E-state index < -0.39 is 18.0 Å². The molecule has 3 fully saturated rings. The van der Waals surface area contributed by atoms with Gasteiger partial charge in [0, 0.05) is 48.5 Å². The quantitative estimate of drug-likeness (QED) is 0.371. The number of aliphatic hydroxyl groups is 1. The van der Waals surface area contributed by atoms with E-state index in [-0.39, 0.29) is 40.8 Å². The Bertz CT molecular complexity index is 1060. The van der Waals surface area contributed by atoms with Gasteiger partial charge in [-0.1, -0.05) is 6.92 Å². The number of amides is 2. The van der Waals surface area contributed by atoms with Crippen LogP contribution >= 0.6 is 11.8 Å². The zero-order valence-corrected chi connectivity index (χ0v) is 21.1. The fraction of sp³-hybridized carbons (Fsp3) is 0.667. The van der Waals surface area contributed by atoms with Crippen molar-refractivity contribution in [3.05, 3.63) is 29.3 Å². The first-order valence-electron chi connectivity index (χ1n) is 12.4. The van der Waals surface area contributed by atoms with Crippen molar-refractivity contribution < 1.29 is 29.2 Å². The Morgan fingerprint density at radius 3 is 2.60 bits per heavy atom. The summed E-state index contributed by atoms with van der Waals surface area (Å²) in [6.07, 6.45) is 7.83. The van der Waals surface area contributed by atoms with Crippen molar-refractivity contribution in [1.82, 2.24) is 19.7 Å². The van der Waals surface area contributed by atoms with Gasteiger partial charge in [-0.15, -0.1) is 11.8 Å². The van der Waals surface area contributed by atoms with E-state index in [9.17, 15) is 24.6 Å². The molecule has 6 atom stereocenters. The van der Waals surface area contributed by atoms with Gasteiger partial charge >= 0.3 is 5.97 Å². The largest absolute Gasteiger partial charge is 0.477 e. The molecule has 1 aromatic heterocycles. The third-order valence-corrected chi connectivity index (χ3v) is 9.49. The van der Waals surface area contributed by atoms with Crippen LogP contribution in [0.3, 0.4) is 0 Å². The van der Waals surface area contributed by atoms with E-state index in [1.165, 1.54) is 16.7 Å². The first-order chi connectivity index (χ1) is 16.7. The fourth-order valence-electron chi connectivity index (χ4n) is 6.13. The number of nitrogens with one attached hydrogen (secondary N) is 1. The van der Waals surface area contributed by atoms with Crippen molar-refractivity contribution in [2.24, 2.45) is 18.9 Å². The summed E-state index contributed by atoms with van der Waals surface area (Å²) in [6, 6.07) is -0.182. The maximum Gasteiger partial charge on any atom is 0.353 e. The molecule has 0 saturated carbocycles. The number of aromatic nitrogens is 2. The minimum absolute atomic E-state index is 0.0460. The minimum atomic E-state index is -1.11. The number of hydrogen-bond donors (Lipinski definition) is 3. The van der Waals surface area contributed by atoms with E-state index in [1.807, 2.05) is 29.6 Å². The van der Waals surface area contributed by atoms with Gasteiger partial charge < -0.3 is 25.3 Å². The molecular formula is C24H34N5O5S+. The zero-order chi connectivity index (χ0) is 25.0. The monoisotopic (exact) mass is 504 g/mol. The maximum absolute atomic E-state index is 13.2. The van der Waals surface area contributed by atoms with E-state index in [1.54, 1.807) is 6.92 Å². The SMILES string of the molecule is CC(O)C1C(=O)N2C(C(=O)O)=C(SC3CNC(C(=O)N4CCC(n5cc[n+](C)c5)CC4)C3)C(C)[C@H]12. The number of thioether (sulfide) groups is 1. The lowest BCUT2D eigenvalue weighted by molar-refractivity contribution is -0.671. The Labute approximate surface area is 208 Å². The lowest BCUT2D eigenvalue weighted by Crippen LogP contribution is -2.63. The highest BCUT2D eigenvalue weighted by Gasteiger charge is 2.60. The van der Waals surface area contributed by atoms with Gasteiger partial charge in [0.2, 0.25) is 18.1 Å². The summed E-state index contributed by atoms with van der Waals surface area (Å²) in [4.78, 5) is 41.8. The van der Waals surface area contributed by atoms with Crippen molar-refractivity contribution >= 4 is 29.5 Å². The summed E-state index contributed by atoms with van der Waals surface area (Å²) in [6.45, 7) is 5.58. The van der Waals surface area contributed by atoms with Crippen LogP contribution in [-0.2, 0) is 21.4 Å². The summed E-state index contributed by atoms with van der Waals surface area (Å²) < 4.78 is 4.24. The van der Waals surface area contributed by atoms with Crippen molar-refractivity contribution in [1.29, 1.82) is 0 Å². The Balaban J connectivity index is 1.20. The molecule has 5 rings (SSSR count). The predicted molar refractivity (Wildman–Crippen MR) is 128 cm³/mol. The molecule has 0 aromatic carbocycles. The van der Waals surface area contributed by atoms with E-state index in [0.29, 0.717) is 23.9 Å². The molecule has 4 aliphatic rings. The smallest absolute Gasteiger partial charge is 0.353 e. The van der Waals surface area contributed by atoms with Gasteiger partial charge in [-0.25, -0.2) is 13.9 Å². The second-order valence-electron chi connectivity index (χ2n) is 10.3. The summed E-state index contributed by atoms with van der Waals surface area (Å²) in [7, 11) is 2.00. The van der Waals surface area contributed by atoms with Crippen LogP contribution in [0.25, 0.3) is 0 Å². The number of nitrogens with zero attached hydrogens (tertiary/aromatic N) is 4. The molecule has 0 bridgehead atoms. The Kier molecular flexibility index (Phi) is 6.43. The number of aryl methyl sites for hydroxylation is 1. The molecular weight excluding hydrogens is 470 g/mol. The van der Waals surface area contributed by atoms with Crippen molar-refractivity contribution in [3.8, 4) is 0 Å². The van der Waals surface area contributed by atoms with Crippen LogP contribution in [-0.4, -0.2) is 85.4 Å².